The highest BCUT2D eigenvalue weighted by Crippen LogP contribution is 2.33. The molecule has 3 aliphatic heterocycles. The van der Waals surface area contributed by atoms with Gasteiger partial charge in [-0.1, -0.05) is 13.8 Å². The number of fused-ring (bicyclic) bond motifs is 1. The lowest BCUT2D eigenvalue weighted by atomic mass is 9.85. The molecule has 3 atom stereocenters. The second-order valence-corrected chi connectivity index (χ2v) is 6.74. The molecule has 3 rings (SSSR count). The summed E-state index contributed by atoms with van der Waals surface area (Å²) in [4.78, 5) is 2.70. The Morgan fingerprint density at radius 1 is 1.16 bits per heavy atom. The molecule has 0 aromatic rings. The Morgan fingerprint density at radius 3 is 2.79 bits per heavy atom. The van der Waals surface area contributed by atoms with Gasteiger partial charge in [-0.15, -0.1) is 0 Å². The fourth-order valence-electron chi connectivity index (χ4n) is 4.49. The van der Waals surface area contributed by atoms with Crippen LogP contribution in [0.1, 0.15) is 58.8 Å². The van der Waals surface area contributed by atoms with Gasteiger partial charge in [-0.05, 0) is 51.5 Å². The van der Waals surface area contributed by atoms with Gasteiger partial charge in [0.25, 0.3) is 0 Å². The van der Waals surface area contributed by atoms with Crippen molar-refractivity contribution >= 4 is 0 Å². The third-order valence-corrected chi connectivity index (χ3v) is 5.84. The predicted octanol–water partition coefficient (Wildman–Crippen LogP) is 2.55. The number of hydrogen-bond donors (Lipinski definition) is 1. The molecule has 3 heterocycles. The topological polar surface area (TPSA) is 24.5 Å². The maximum atomic E-state index is 6.09. The molecule has 3 nitrogen and oxygen atoms in total. The predicted molar refractivity (Wildman–Crippen MR) is 78.4 cm³/mol. The zero-order valence-corrected chi connectivity index (χ0v) is 12.7. The van der Waals surface area contributed by atoms with Crippen molar-refractivity contribution in [3.63, 3.8) is 0 Å². The van der Waals surface area contributed by atoms with Gasteiger partial charge >= 0.3 is 0 Å². The lowest BCUT2D eigenvalue weighted by Crippen LogP contribution is -2.51. The van der Waals surface area contributed by atoms with Crippen molar-refractivity contribution in [3.05, 3.63) is 0 Å². The molecular formula is C16H30N2O. The summed E-state index contributed by atoms with van der Waals surface area (Å²) in [6.07, 6.45) is 8.89. The first-order chi connectivity index (χ1) is 9.26. The molecule has 3 saturated heterocycles. The van der Waals surface area contributed by atoms with E-state index >= 15 is 0 Å². The van der Waals surface area contributed by atoms with Gasteiger partial charge in [-0.2, -0.15) is 0 Å². The molecule has 3 heteroatoms. The van der Waals surface area contributed by atoms with Crippen LogP contribution in [-0.2, 0) is 4.74 Å². The Morgan fingerprint density at radius 2 is 2.00 bits per heavy atom. The lowest BCUT2D eigenvalue weighted by molar-refractivity contribution is -0.0943. The Bertz CT molecular complexity index is 303. The molecular weight excluding hydrogens is 236 g/mol. The van der Waals surface area contributed by atoms with Gasteiger partial charge in [-0.25, -0.2) is 0 Å². The molecule has 0 bridgehead atoms. The maximum absolute atomic E-state index is 6.09. The number of rotatable bonds is 4. The SMILES string of the molecule is CCC1(CC)CC(NC2CCN3CCCC23)CCO1. The summed E-state index contributed by atoms with van der Waals surface area (Å²) in [7, 11) is 0. The van der Waals surface area contributed by atoms with E-state index in [1.807, 2.05) is 0 Å². The van der Waals surface area contributed by atoms with Crippen molar-refractivity contribution in [2.75, 3.05) is 19.7 Å². The van der Waals surface area contributed by atoms with E-state index in [0.29, 0.717) is 6.04 Å². The maximum Gasteiger partial charge on any atom is 0.0692 e. The first-order valence-corrected chi connectivity index (χ1v) is 8.40. The van der Waals surface area contributed by atoms with E-state index < -0.39 is 0 Å². The monoisotopic (exact) mass is 266 g/mol. The summed E-state index contributed by atoms with van der Waals surface area (Å²) in [5.74, 6) is 0. The highest BCUT2D eigenvalue weighted by atomic mass is 16.5. The average Bonchev–Trinajstić information content (AvgIpc) is 3.04. The van der Waals surface area contributed by atoms with Gasteiger partial charge in [-0.3, -0.25) is 4.90 Å². The molecule has 3 unspecified atom stereocenters. The fraction of sp³-hybridized carbons (Fsp3) is 1.00. The van der Waals surface area contributed by atoms with E-state index in [0.717, 1.165) is 31.5 Å². The second kappa shape index (κ2) is 5.71. The van der Waals surface area contributed by atoms with Gasteiger partial charge in [0, 0.05) is 31.3 Å². The summed E-state index contributed by atoms with van der Waals surface area (Å²) < 4.78 is 6.09. The first-order valence-electron chi connectivity index (χ1n) is 8.40. The second-order valence-electron chi connectivity index (χ2n) is 6.74. The van der Waals surface area contributed by atoms with Crippen LogP contribution < -0.4 is 5.32 Å². The smallest absolute Gasteiger partial charge is 0.0692 e. The Labute approximate surface area is 118 Å². The third kappa shape index (κ3) is 2.70. The quantitative estimate of drug-likeness (QED) is 0.846. The molecule has 0 spiro atoms. The third-order valence-electron chi connectivity index (χ3n) is 5.84. The molecule has 0 saturated carbocycles. The van der Waals surface area contributed by atoms with Gasteiger partial charge in [0.2, 0.25) is 0 Å². The molecule has 3 fully saturated rings. The van der Waals surface area contributed by atoms with E-state index in [9.17, 15) is 0 Å². The standard InChI is InChI=1S/C16H30N2O/c1-3-16(4-2)12-13(8-11-19-16)17-14-7-10-18-9-5-6-15(14)18/h13-15,17H,3-12H2,1-2H3. The lowest BCUT2D eigenvalue weighted by Gasteiger charge is -2.41. The Balaban J connectivity index is 1.57. The van der Waals surface area contributed by atoms with Crippen molar-refractivity contribution in [2.24, 2.45) is 0 Å². The minimum Gasteiger partial charge on any atom is -0.375 e. The zero-order valence-electron chi connectivity index (χ0n) is 12.7. The van der Waals surface area contributed by atoms with Crippen LogP contribution in [0.5, 0.6) is 0 Å². The normalized spacial score (nSPS) is 38.5. The summed E-state index contributed by atoms with van der Waals surface area (Å²) in [5, 5.41) is 3.99. The minimum atomic E-state index is 0.157. The fourth-order valence-corrected chi connectivity index (χ4v) is 4.49. The van der Waals surface area contributed by atoms with Crippen LogP contribution in [0.25, 0.3) is 0 Å². The minimum absolute atomic E-state index is 0.157. The summed E-state index contributed by atoms with van der Waals surface area (Å²) in [6.45, 7) is 8.16. The van der Waals surface area contributed by atoms with E-state index in [1.165, 1.54) is 45.2 Å². The number of nitrogens with zero attached hydrogens (tertiary/aromatic N) is 1. The summed E-state index contributed by atoms with van der Waals surface area (Å²) in [5.41, 5.74) is 0.157. The molecule has 110 valence electrons. The summed E-state index contributed by atoms with van der Waals surface area (Å²) >= 11 is 0. The van der Waals surface area contributed by atoms with E-state index in [1.54, 1.807) is 0 Å². The van der Waals surface area contributed by atoms with Crippen molar-refractivity contribution in [2.45, 2.75) is 82.5 Å². The van der Waals surface area contributed by atoms with Gasteiger partial charge in [0.15, 0.2) is 0 Å². The average molecular weight is 266 g/mol. The van der Waals surface area contributed by atoms with E-state index in [-0.39, 0.29) is 5.60 Å². The molecule has 0 radical (unpaired) electrons. The Kier molecular flexibility index (Phi) is 4.16. The van der Waals surface area contributed by atoms with Crippen molar-refractivity contribution in [3.8, 4) is 0 Å². The number of ether oxygens (including phenoxy) is 1. The molecule has 0 aliphatic carbocycles. The largest absolute Gasteiger partial charge is 0.375 e. The highest BCUT2D eigenvalue weighted by Gasteiger charge is 2.40. The highest BCUT2D eigenvalue weighted by molar-refractivity contribution is 4.98. The van der Waals surface area contributed by atoms with Crippen LogP contribution in [0.4, 0.5) is 0 Å². The van der Waals surface area contributed by atoms with Crippen molar-refractivity contribution < 1.29 is 4.74 Å². The van der Waals surface area contributed by atoms with Crippen LogP contribution in [-0.4, -0.2) is 48.3 Å². The molecule has 0 aromatic heterocycles. The van der Waals surface area contributed by atoms with Crippen molar-refractivity contribution in [1.29, 1.82) is 0 Å². The summed E-state index contributed by atoms with van der Waals surface area (Å²) in [6, 6.07) is 2.26. The molecule has 0 amide bonds. The van der Waals surface area contributed by atoms with Crippen LogP contribution in [0.3, 0.4) is 0 Å². The van der Waals surface area contributed by atoms with Gasteiger partial charge in [0.05, 0.1) is 5.60 Å². The molecule has 1 N–H and O–H groups in total. The molecule has 19 heavy (non-hydrogen) atoms. The number of hydrogen-bond acceptors (Lipinski definition) is 3. The van der Waals surface area contributed by atoms with Gasteiger partial charge in [0.1, 0.15) is 0 Å². The van der Waals surface area contributed by atoms with Gasteiger partial charge < -0.3 is 10.1 Å². The first kappa shape index (κ1) is 13.8. The van der Waals surface area contributed by atoms with Crippen molar-refractivity contribution in [1.82, 2.24) is 10.2 Å². The molecule has 0 aromatic carbocycles. The van der Waals surface area contributed by atoms with Crippen LogP contribution in [0.15, 0.2) is 0 Å². The van der Waals surface area contributed by atoms with Crippen LogP contribution in [0, 0.1) is 0 Å². The van der Waals surface area contributed by atoms with E-state index in [2.05, 4.69) is 24.1 Å². The van der Waals surface area contributed by atoms with Crippen LogP contribution >= 0.6 is 0 Å². The zero-order chi connectivity index (χ0) is 13.3. The molecule has 3 aliphatic rings. The Hall–Kier alpha value is -0.120. The van der Waals surface area contributed by atoms with E-state index in [4.69, 9.17) is 4.74 Å². The van der Waals surface area contributed by atoms with Crippen LogP contribution in [0.2, 0.25) is 0 Å². The number of nitrogens with one attached hydrogen (secondary N) is 1.